The van der Waals surface area contributed by atoms with Crippen molar-refractivity contribution < 1.29 is 28.9 Å². The van der Waals surface area contributed by atoms with E-state index < -0.39 is 17.7 Å². The Morgan fingerprint density at radius 2 is 1.82 bits per heavy atom. The molecular formula is C34H33N3O6S2. The van der Waals surface area contributed by atoms with Gasteiger partial charge in [0.1, 0.15) is 24.7 Å². The quantitative estimate of drug-likeness (QED) is 0.0644. The molecule has 0 spiro atoms. The highest BCUT2D eigenvalue weighted by Crippen LogP contribution is 2.45. The first kappa shape index (κ1) is 30.7. The molecule has 3 aromatic carbocycles. The van der Waals surface area contributed by atoms with Gasteiger partial charge in [-0.3, -0.25) is 14.5 Å². The molecule has 0 bridgehead atoms. The zero-order valence-electron chi connectivity index (χ0n) is 25.2. The Hall–Kier alpha value is -4.35. The molecule has 1 N–H and O–H groups in total. The number of nitrogens with zero attached hydrogens (tertiary/aromatic N) is 3. The molecule has 4 aromatic rings. The minimum absolute atomic E-state index is 0.0555. The highest BCUT2D eigenvalue weighted by Gasteiger charge is 2.48. The zero-order valence-corrected chi connectivity index (χ0v) is 26.8. The summed E-state index contributed by atoms with van der Waals surface area (Å²) in [7, 11) is 0. The highest BCUT2D eigenvalue weighted by atomic mass is 32.2. The standard InChI is InChI=1S/C34H33N3O6S2/c1-20(2)13-14-41-25-6-4-5-23(17-25)29-28(30(38)24-11-12-26-27(18-24)43-16-15-42-26)31(39)32(40)37(29)33-35-36-34(45-33)44-19-22-9-7-21(3)8-10-22/h4-12,17-18,20,29,38H,13-16,19H2,1-3H3/t29-/m1/s1. The Morgan fingerprint density at radius 3 is 2.60 bits per heavy atom. The van der Waals surface area contributed by atoms with Gasteiger partial charge in [0.15, 0.2) is 15.8 Å². The molecule has 0 saturated carbocycles. The molecule has 9 nitrogen and oxygen atoms in total. The molecular weight excluding hydrogens is 611 g/mol. The van der Waals surface area contributed by atoms with Gasteiger partial charge in [-0.05, 0) is 60.7 Å². The molecule has 2 aliphatic rings. The molecule has 1 amide bonds. The Morgan fingerprint density at radius 1 is 1.04 bits per heavy atom. The maximum atomic E-state index is 13.7. The molecule has 3 heterocycles. The average Bonchev–Trinajstić information content (AvgIpc) is 3.61. The van der Waals surface area contributed by atoms with E-state index in [1.54, 1.807) is 24.3 Å². The molecule has 2 aliphatic heterocycles. The second-order valence-corrected chi connectivity index (χ2v) is 13.4. The lowest BCUT2D eigenvalue weighted by molar-refractivity contribution is -0.132. The van der Waals surface area contributed by atoms with E-state index in [4.69, 9.17) is 14.2 Å². The second-order valence-electron chi connectivity index (χ2n) is 11.3. The van der Waals surface area contributed by atoms with Gasteiger partial charge in [-0.15, -0.1) is 10.2 Å². The van der Waals surface area contributed by atoms with Crippen LogP contribution in [0.2, 0.25) is 0 Å². The van der Waals surface area contributed by atoms with Crippen molar-refractivity contribution in [1.29, 1.82) is 0 Å². The third-order valence-corrected chi connectivity index (χ3v) is 9.61. The number of amides is 1. The third kappa shape index (κ3) is 6.69. The summed E-state index contributed by atoms with van der Waals surface area (Å²) in [5.74, 6) is 0.825. The van der Waals surface area contributed by atoms with E-state index in [2.05, 4.69) is 48.3 Å². The lowest BCUT2D eigenvalue weighted by Crippen LogP contribution is -2.29. The van der Waals surface area contributed by atoms with Gasteiger partial charge >= 0.3 is 5.91 Å². The normalized spacial score (nSPS) is 17.2. The Kier molecular flexibility index (Phi) is 9.09. The smallest absolute Gasteiger partial charge is 0.301 e. The van der Waals surface area contributed by atoms with Crippen molar-refractivity contribution in [2.45, 2.75) is 43.3 Å². The fourth-order valence-electron chi connectivity index (χ4n) is 5.07. The predicted octanol–water partition coefficient (Wildman–Crippen LogP) is 6.96. The number of fused-ring (bicyclic) bond motifs is 1. The number of carbonyl (C=O) groups is 2. The molecule has 45 heavy (non-hydrogen) atoms. The Bertz CT molecular complexity index is 1750. The van der Waals surface area contributed by atoms with Crippen LogP contribution in [0.3, 0.4) is 0 Å². The minimum atomic E-state index is -0.963. The summed E-state index contributed by atoms with van der Waals surface area (Å²) in [5.41, 5.74) is 3.19. The number of carbonyl (C=O) groups excluding carboxylic acids is 2. The maximum Gasteiger partial charge on any atom is 0.301 e. The van der Waals surface area contributed by atoms with E-state index in [9.17, 15) is 14.7 Å². The van der Waals surface area contributed by atoms with Crippen molar-refractivity contribution in [3.05, 3.63) is 94.6 Å². The van der Waals surface area contributed by atoms with E-state index in [0.29, 0.717) is 64.2 Å². The van der Waals surface area contributed by atoms with Crippen molar-refractivity contribution in [1.82, 2.24) is 10.2 Å². The molecule has 0 radical (unpaired) electrons. The molecule has 6 rings (SSSR count). The summed E-state index contributed by atoms with van der Waals surface area (Å²) >= 11 is 2.73. The number of hydrogen-bond donors (Lipinski definition) is 1. The van der Waals surface area contributed by atoms with Gasteiger partial charge in [0.05, 0.1) is 18.2 Å². The summed E-state index contributed by atoms with van der Waals surface area (Å²) in [5, 5.41) is 20.5. The predicted molar refractivity (Wildman–Crippen MR) is 174 cm³/mol. The van der Waals surface area contributed by atoms with Gasteiger partial charge in [0.25, 0.3) is 5.78 Å². The molecule has 232 valence electrons. The first-order chi connectivity index (χ1) is 21.8. The number of benzene rings is 3. The number of ether oxygens (including phenoxy) is 3. The topological polar surface area (TPSA) is 111 Å². The van der Waals surface area contributed by atoms with Crippen LogP contribution in [-0.4, -0.2) is 46.8 Å². The van der Waals surface area contributed by atoms with Crippen molar-refractivity contribution >= 4 is 45.7 Å². The molecule has 1 aromatic heterocycles. The number of anilines is 1. The summed E-state index contributed by atoms with van der Waals surface area (Å²) in [6.45, 7) is 7.61. The van der Waals surface area contributed by atoms with Crippen molar-refractivity contribution in [3.63, 3.8) is 0 Å². The van der Waals surface area contributed by atoms with Crippen LogP contribution in [0.25, 0.3) is 5.76 Å². The van der Waals surface area contributed by atoms with Gasteiger partial charge < -0.3 is 19.3 Å². The van der Waals surface area contributed by atoms with Crippen molar-refractivity contribution in [3.8, 4) is 17.2 Å². The SMILES string of the molecule is Cc1ccc(CSc2nnc(N3C(=O)C(=O)C(=C(O)c4ccc5c(c4)OCCO5)[C@H]3c3cccc(OCCC(C)C)c3)s2)cc1. The highest BCUT2D eigenvalue weighted by molar-refractivity contribution is 8.00. The Balaban J connectivity index is 1.37. The molecule has 11 heteroatoms. The van der Waals surface area contributed by atoms with E-state index >= 15 is 0 Å². The summed E-state index contributed by atoms with van der Waals surface area (Å²) in [4.78, 5) is 28.7. The van der Waals surface area contributed by atoms with Crippen LogP contribution in [0.1, 0.15) is 48.6 Å². The van der Waals surface area contributed by atoms with Gasteiger partial charge in [0.2, 0.25) is 5.13 Å². The van der Waals surface area contributed by atoms with Crippen molar-refractivity contribution in [2.75, 3.05) is 24.7 Å². The van der Waals surface area contributed by atoms with Crippen LogP contribution in [0, 0.1) is 12.8 Å². The molecule has 1 fully saturated rings. The van der Waals surface area contributed by atoms with E-state index in [1.165, 1.54) is 33.6 Å². The largest absolute Gasteiger partial charge is 0.507 e. The number of aromatic nitrogens is 2. The monoisotopic (exact) mass is 643 g/mol. The first-order valence-electron chi connectivity index (χ1n) is 14.7. The third-order valence-electron chi connectivity index (χ3n) is 7.48. The van der Waals surface area contributed by atoms with Crippen LogP contribution in [0.4, 0.5) is 5.13 Å². The lowest BCUT2D eigenvalue weighted by atomic mass is 9.95. The van der Waals surface area contributed by atoms with Crippen LogP contribution in [-0.2, 0) is 15.3 Å². The minimum Gasteiger partial charge on any atom is -0.507 e. The molecule has 1 saturated heterocycles. The average molecular weight is 644 g/mol. The number of thioether (sulfide) groups is 1. The van der Waals surface area contributed by atoms with E-state index in [1.807, 2.05) is 25.1 Å². The van der Waals surface area contributed by atoms with Crippen molar-refractivity contribution in [2.24, 2.45) is 5.92 Å². The van der Waals surface area contributed by atoms with Gasteiger partial charge in [-0.1, -0.05) is 78.9 Å². The van der Waals surface area contributed by atoms with E-state index in [-0.39, 0.29) is 16.5 Å². The van der Waals surface area contributed by atoms with Crippen LogP contribution in [0.5, 0.6) is 17.2 Å². The number of aliphatic hydroxyl groups is 1. The zero-order chi connectivity index (χ0) is 31.5. The summed E-state index contributed by atoms with van der Waals surface area (Å²) in [6.07, 6.45) is 0.876. The first-order valence-corrected chi connectivity index (χ1v) is 16.5. The molecule has 0 aliphatic carbocycles. The number of aliphatic hydroxyl groups excluding tert-OH is 1. The number of ketones is 1. The van der Waals surface area contributed by atoms with Crippen LogP contribution < -0.4 is 19.1 Å². The number of Topliss-reactive ketones (excluding diaryl/α,β-unsaturated/α-hetero) is 1. The van der Waals surface area contributed by atoms with E-state index in [0.717, 1.165) is 12.0 Å². The van der Waals surface area contributed by atoms with Gasteiger partial charge in [-0.25, -0.2) is 0 Å². The maximum absolute atomic E-state index is 13.7. The molecule has 0 unspecified atom stereocenters. The number of rotatable bonds is 10. The number of hydrogen-bond acceptors (Lipinski definition) is 10. The summed E-state index contributed by atoms with van der Waals surface area (Å²) < 4.78 is 18.0. The van der Waals surface area contributed by atoms with Crippen LogP contribution in [0.15, 0.2) is 76.6 Å². The van der Waals surface area contributed by atoms with Gasteiger partial charge in [0, 0.05) is 11.3 Å². The van der Waals surface area contributed by atoms with Crippen LogP contribution >= 0.6 is 23.1 Å². The van der Waals surface area contributed by atoms with Gasteiger partial charge in [-0.2, -0.15) is 0 Å². The Labute approximate surface area is 269 Å². The second kappa shape index (κ2) is 13.3. The fourth-order valence-corrected chi connectivity index (χ4v) is 6.89. The number of aryl methyl sites for hydroxylation is 1. The lowest BCUT2D eigenvalue weighted by Gasteiger charge is -2.23. The fraction of sp³-hybridized carbons (Fsp3) is 0.294. The summed E-state index contributed by atoms with van der Waals surface area (Å²) in [6, 6.07) is 19.5. The molecule has 1 atom stereocenters.